The van der Waals surface area contributed by atoms with E-state index in [1.54, 1.807) is 0 Å². The van der Waals surface area contributed by atoms with Gasteiger partial charge in [-0.1, -0.05) is 261 Å². The molecule has 5 aliphatic rings. The number of anilines is 5. The lowest BCUT2D eigenvalue weighted by molar-refractivity contribution is 0.000556. The Bertz CT molecular complexity index is 4880. The summed E-state index contributed by atoms with van der Waals surface area (Å²) in [6, 6.07) is 127. The largest absolute Gasteiger partial charge is 0.335 e. The van der Waals surface area contributed by atoms with E-state index in [4.69, 9.17) is 0 Å². The van der Waals surface area contributed by atoms with Crippen molar-refractivity contribution < 1.29 is 0 Å². The van der Waals surface area contributed by atoms with Crippen LogP contribution in [0.5, 0.6) is 0 Å². The highest BCUT2D eigenvalue weighted by molar-refractivity contribution is 5.98. The van der Waals surface area contributed by atoms with E-state index in [2.05, 4.69) is 356 Å². The molecule has 0 saturated heterocycles. The Morgan fingerprint density at radius 3 is 0.946 bits per heavy atom. The van der Waals surface area contributed by atoms with Crippen molar-refractivity contribution in [2.24, 2.45) is 17.8 Å². The molecule has 0 N–H and O–H groups in total. The first kappa shape index (κ1) is 56.2. The Labute approximate surface area is 547 Å². The van der Waals surface area contributed by atoms with Crippen LogP contribution in [-0.2, 0) is 5.41 Å². The van der Waals surface area contributed by atoms with Crippen molar-refractivity contribution in [1.29, 1.82) is 0 Å². The number of hydrogen-bond acceptors (Lipinski definition) is 2. The van der Waals surface area contributed by atoms with Crippen molar-refractivity contribution in [1.82, 2.24) is 0 Å². The third kappa shape index (κ3) is 10.1. The number of para-hydroxylation sites is 2. The molecule has 19 rings (SSSR count). The molecule has 2 nitrogen and oxygen atoms in total. The maximum atomic E-state index is 2.75. The number of hydrogen-bond donors (Lipinski definition) is 0. The Balaban J connectivity index is 0.000000149. The van der Waals surface area contributed by atoms with E-state index in [-0.39, 0.29) is 5.54 Å². The molecule has 4 saturated carbocycles. The summed E-state index contributed by atoms with van der Waals surface area (Å²) in [5, 5.41) is 5.06. The van der Waals surface area contributed by atoms with E-state index in [0.717, 1.165) is 34.8 Å². The average Bonchev–Trinajstić information content (AvgIpc) is 1.51. The van der Waals surface area contributed by atoms with Crippen molar-refractivity contribution in [3.8, 4) is 55.6 Å². The van der Waals surface area contributed by atoms with Gasteiger partial charge < -0.3 is 9.80 Å². The van der Waals surface area contributed by atoms with Crippen LogP contribution in [-0.4, -0.2) is 5.54 Å². The molecule has 14 aromatic rings. The second kappa shape index (κ2) is 23.8. The van der Waals surface area contributed by atoms with Crippen LogP contribution < -0.4 is 9.80 Å². The number of fused-ring (bicyclic) bond motifs is 5. The van der Waals surface area contributed by atoms with Gasteiger partial charge in [-0.25, -0.2) is 0 Å². The fraction of sp³-hybridized carbons (Fsp3) is 0.121. The zero-order valence-corrected chi connectivity index (χ0v) is 52.3. The summed E-state index contributed by atoms with van der Waals surface area (Å²) >= 11 is 0. The van der Waals surface area contributed by atoms with Gasteiger partial charge in [-0.2, -0.15) is 0 Å². The highest BCUT2D eigenvalue weighted by Gasteiger charge is 2.54. The smallest absolute Gasteiger partial charge is 0.0713 e. The first-order valence-corrected chi connectivity index (χ1v) is 33.5. The van der Waals surface area contributed by atoms with Crippen molar-refractivity contribution in [2.45, 2.75) is 49.5 Å². The minimum atomic E-state index is -0.428. The van der Waals surface area contributed by atoms with Crippen LogP contribution in [0.1, 0.15) is 60.8 Å². The van der Waals surface area contributed by atoms with Crippen LogP contribution in [0.4, 0.5) is 28.4 Å². The lowest BCUT2D eigenvalue weighted by atomic mass is 9.52. The van der Waals surface area contributed by atoms with Crippen LogP contribution in [0.3, 0.4) is 0 Å². The van der Waals surface area contributed by atoms with Crippen molar-refractivity contribution in [3.63, 3.8) is 0 Å². The standard InChI is InChI=1S/C53H37N.C38H35N/c1-4-16-38(17-5-1)49-36-40-18-10-11-19-41(40)37-50(49)39-28-32-45(33-29-39)54(44-22-8-3-9-23-44)46-34-30-43(31-35-46)53(42-20-6-2-7-21-42)51-26-14-12-24-47(51)48-25-13-15-27-52(48)53;1-3-9-30(10-4-1)36-22-32-11-7-8-12-33(32)23-37(36)31-15-17-35(18-16-31)39(34-13-5-2-6-14-34)38-24-27-19-28(25-38)21-29(20-27)26-38/h1-37H;1-18,22-23,27-29H,19-21,24-26H2. The molecule has 0 amide bonds. The molecule has 446 valence electrons. The van der Waals surface area contributed by atoms with E-state index in [1.807, 2.05) is 0 Å². The predicted octanol–water partition coefficient (Wildman–Crippen LogP) is 24.3. The quantitative estimate of drug-likeness (QED) is 0.120. The highest BCUT2D eigenvalue weighted by atomic mass is 15.2. The van der Waals surface area contributed by atoms with E-state index in [9.17, 15) is 0 Å². The molecular weight excluding hydrogens is 1120 g/mol. The summed E-state index contributed by atoms with van der Waals surface area (Å²) in [6.07, 6.45) is 8.43. The van der Waals surface area contributed by atoms with Crippen LogP contribution in [0, 0.1) is 17.8 Å². The first-order chi connectivity index (χ1) is 46.0. The lowest BCUT2D eigenvalue weighted by Crippen LogP contribution is -2.58. The first-order valence-electron chi connectivity index (χ1n) is 33.5. The molecule has 5 aliphatic carbocycles. The van der Waals surface area contributed by atoms with Gasteiger partial charge in [0.15, 0.2) is 0 Å². The molecule has 0 unspecified atom stereocenters. The fourth-order valence-corrected chi connectivity index (χ4v) is 17.5. The van der Waals surface area contributed by atoms with Crippen LogP contribution in [0.2, 0.25) is 0 Å². The molecule has 0 atom stereocenters. The molecule has 0 spiro atoms. The van der Waals surface area contributed by atoms with E-state index in [1.165, 1.54) is 149 Å². The molecule has 14 aromatic carbocycles. The maximum Gasteiger partial charge on any atom is 0.0713 e. The normalized spacial score (nSPS) is 17.9. The second-order valence-electron chi connectivity index (χ2n) is 26.6. The molecule has 0 heterocycles. The third-order valence-corrected chi connectivity index (χ3v) is 21.0. The van der Waals surface area contributed by atoms with Gasteiger partial charge in [0.05, 0.1) is 5.41 Å². The van der Waals surface area contributed by atoms with Gasteiger partial charge in [0.2, 0.25) is 0 Å². The van der Waals surface area contributed by atoms with Crippen molar-refractivity contribution in [2.75, 3.05) is 9.80 Å². The minimum Gasteiger partial charge on any atom is -0.335 e. The molecule has 4 fully saturated rings. The van der Waals surface area contributed by atoms with Crippen molar-refractivity contribution >= 4 is 50.0 Å². The van der Waals surface area contributed by atoms with Gasteiger partial charge in [0.1, 0.15) is 0 Å². The Kier molecular flexibility index (Phi) is 14.4. The monoisotopic (exact) mass is 1190 g/mol. The Morgan fingerprint density at radius 1 is 0.237 bits per heavy atom. The molecule has 4 bridgehead atoms. The predicted molar refractivity (Wildman–Crippen MR) is 391 cm³/mol. The van der Waals surface area contributed by atoms with Gasteiger partial charge in [-0.15, -0.1) is 0 Å². The van der Waals surface area contributed by atoms with E-state index < -0.39 is 5.41 Å². The van der Waals surface area contributed by atoms with E-state index >= 15 is 0 Å². The maximum absolute atomic E-state index is 2.75. The highest BCUT2D eigenvalue weighted by Crippen LogP contribution is 2.61. The van der Waals surface area contributed by atoms with Crippen LogP contribution in [0.25, 0.3) is 77.2 Å². The molecule has 0 aromatic heterocycles. The number of rotatable bonds is 12. The Hall–Kier alpha value is -10.8. The lowest BCUT2D eigenvalue weighted by Gasteiger charge is -2.61. The van der Waals surface area contributed by atoms with Crippen LogP contribution in [0.15, 0.2) is 346 Å². The molecule has 0 radical (unpaired) electrons. The molecule has 0 aliphatic heterocycles. The molecular formula is C91H72N2. The summed E-state index contributed by atoms with van der Waals surface area (Å²) in [7, 11) is 0. The number of benzene rings is 14. The van der Waals surface area contributed by atoms with Crippen molar-refractivity contribution in [3.05, 3.63) is 368 Å². The number of nitrogens with zero attached hydrogens (tertiary/aromatic N) is 2. The topological polar surface area (TPSA) is 6.48 Å². The van der Waals surface area contributed by atoms with Gasteiger partial charge in [0.25, 0.3) is 0 Å². The average molecular weight is 1190 g/mol. The summed E-state index contributed by atoms with van der Waals surface area (Å²) in [5.41, 5.74) is 23.6. The summed E-state index contributed by atoms with van der Waals surface area (Å²) in [5.74, 6) is 2.73. The summed E-state index contributed by atoms with van der Waals surface area (Å²) < 4.78 is 0. The molecule has 93 heavy (non-hydrogen) atoms. The third-order valence-electron chi connectivity index (χ3n) is 21.0. The zero-order valence-electron chi connectivity index (χ0n) is 52.3. The fourth-order valence-electron chi connectivity index (χ4n) is 17.5. The summed E-state index contributed by atoms with van der Waals surface area (Å²) in [6.45, 7) is 0. The SMILES string of the molecule is c1ccc(-c2cc3ccccc3cc2-c2ccc(N(c3ccccc3)C34CC5CC(CC(C5)C3)C4)cc2)cc1.c1ccc(-c2cc3ccccc3cc2-c2ccc(N(c3ccccc3)c3ccc(C4(c5ccccc5)c5ccccc5-c5ccccc54)cc3)cc2)cc1. The molecule has 2 heteroatoms. The second-order valence-corrected chi connectivity index (χ2v) is 26.6. The van der Waals surface area contributed by atoms with E-state index in [0.29, 0.717) is 0 Å². The van der Waals surface area contributed by atoms with Gasteiger partial charge in [0, 0.05) is 34.0 Å². The summed E-state index contributed by atoms with van der Waals surface area (Å²) in [4.78, 5) is 5.11. The van der Waals surface area contributed by atoms with Crippen LogP contribution >= 0.6 is 0 Å². The minimum absolute atomic E-state index is 0.260. The van der Waals surface area contributed by atoms with Gasteiger partial charge >= 0.3 is 0 Å². The zero-order chi connectivity index (χ0) is 61.7. The van der Waals surface area contributed by atoms with Gasteiger partial charge in [-0.3, -0.25) is 0 Å². The Morgan fingerprint density at radius 2 is 0.527 bits per heavy atom. The van der Waals surface area contributed by atoms with Gasteiger partial charge in [-0.05, 0) is 241 Å².